The summed E-state index contributed by atoms with van der Waals surface area (Å²) in [6.07, 6.45) is 4.37. The molecule has 0 saturated heterocycles. The lowest BCUT2D eigenvalue weighted by molar-refractivity contribution is -0.143. The highest BCUT2D eigenvalue weighted by Gasteiger charge is 2.21. The molecule has 0 aromatic heterocycles. The topological polar surface area (TPSA) is 47.6 Å². The van der Waals surface area contributed by atoms with Gasteiger partial charge in [-0.1, -0.05) is 6.92 Å². The summed E-state index contributed by atoms with van der Waals surface area (Å²) in [6.45, 7) is 4.46. The van der Waals surface area contributed by atoms with Crippen LogP contribution in [0.25, 0.3) is 0 Å². The number of ether oxygens (including phenoxy) is 2. The van der Waals surface area contributed by atoms with Crippen molar-refractivity contribution in [3.05, 3.63) is 0 Å². The molecule has 0 aromatic rings. The van der Waals surface area contributed by atoms with Gasteiger partial charge in [-0.3, -0.25) is 4.79 Å². The third-order valence-electron chi connectivity index (χ3n) is 2.80. The molecule has 0 aliphatic heterocycles. The maximum Gasteiger partial charge on any atom is 0.322 e. The SMILES string of the molecule is CCC(NCCCOCC1CC1)C(=O)OC. The van der Waals surface area contributed by atoms with Gasteiger partial charge in [0.15, 0.2) is 0 Å². The minimum absolute atomic E-state index is 0.173. The molecular formula is C12H23NO3. The van der Waals surface area contributed by atoms with Gasteiger partial charge in [0.1, 0.15) is 6.04 Å². The lowest BCUT2D eigenvalue weighted by Crippen LogP contribution is -2.37. The molecule has 4 nitrogen and oxygen atoms in total. The fraction of sp³-hybridized carbons (Fsp3) is 0.917. The molecule has 0 aromatic carbocycles. The Morgan fingerprint density at radius 1 is 1.50 bits per heavy atom. The molecule has 0 bridgehead atoms. The van der Waals surface area contributed by atoms with Crippen molar-refractivity contribution in [3.8, 4) is 0 Å². The first-order valence-corrected chi connectivity index (χ1v) is 6.16. The number of hydrogen-bond acceptors (Lipinski definition) is 4. The quantitative estimate of drug-likeness (QED) is 0.479. The molecule has 16 heavy (non-hydrogen) atoms. The Kier molecular flexibility index (Phi) is 6.42. The molecular weight excluding hydrogens is 206 g/mol. The third kappa shape index (κ3) is 5.47. The Balaban J connectivity index is 1.92. The average molecular weight is 229 g/mol. The van der Waals surface area contributed by atoms with E-state index in [2.05, 4.69) is 10.1 Å². The van der Waals surface area contributed by atoms with E-state index in [1.807, 2.05) is 6.92 Å². The molecule has 1 N–H and O–H groups in total. The van der Waals surface area contributed by atoms with E-state index in [1.54, 1.807) is 0 Å². The Morgan fingerprint density at radius 2 is 2.25 bits per heavy atom. The summed E-state index contributed by atoms with van der Waals surface area (Å²) in [5.74, 6) is 0.646. The van der Waals surface area contributed by atoms with Gasteiger partial charge in [-0.2, -0.15) is 0 Å². The van der Waals surface area contributed by atoms with E-state index >= 15 is 0 Å². The molecule has 1 fully saturated rings. The molecule has 1 aliphatic carbocycles. The first-order valence-electron chi connectivity index (χ1n) is 6.16. The summed E-state index contributed by atoms with van der Waals surface area (Å²) in [7, 11) is 1.42. The van der Waals surface area contributed by atoms with Crippen molar-refractivity contribution in [2.45, 2.75) is 38.6 Å². The van der Waals surface area contributed by atoms with E-state index in [4.69, 9.17) is 4.74 Å². The highest BCUT2D eigenvalue weighted by atomic mass is 16.5. The number of rotatable bonds is 9. The molecule has 4 heteroatoms. The molecule has 0 spiro atoms. The van der Waals surface area contributed by atoms with Gasteiger partial charge in [-0.15, -0.1) is 0 Å². The molecule has 1 aliphatic rings. The van der Waals surface area contributed by atoms with E-state index in [1.165, 1.54) is 20.0 Å². The Bertz CT molecular complexity index is 204. The molecule has 1 rings (SSSR count). The van der Waals surface area contributed by atoms with Crippen LogP contribution in [0.1, 0.15) is 32.6 Å². The summed E-state index contributed by atoms with van der Waals surface area (Å²) in [5.41, 5.74) is 0. The lowest BCUT2D eigenvalue weighted by Gasteiger charge is -2.14. The molecule has 94 valence electrons. The smallest absolute Gasteiger partial charge is 0.322 e. The lowest BCUT2D eigenvalue weighted by atomic mass is 10.2. The molecule has 0 radical (unpaired) electrons. The van der Waals surface area contributed by atoms with Crippen LogP contribution >= 0.6 is 0 Å². The van der Waals surface area contributed by atoms with Gasteiger partial charge in [-0.25, -0.2) is 0 Å². The minimum Gasteiger partial charge on any atom is -0.468 e. The van der Waals surface area contributed by atoms with Gasteiger partial charge < -0.3 is 14.8 Å². The Hall–Kier alpha value is -0.610. The van der Waals surface area contributed by atoms with Crippen molar-refractivity contribution in [3.63, 3.8) is 0 Å². The molecule has 1 saturated carbocycles. The number of hydrogen-bond donors (Lipinski definition) is 1. The third-order valence-corrected chi connectivity index (χ3v) is 2.80. The predicted octanol–water partition coefficient (Wildman–Crippen LogP) is 1.34. The first kappa shape index (κ1) is 13.5. The average Bonchev–Trinajstić information content (AvgIpc) is 3.11. The van der Waals surface area contributed by atoms with Gasteiger partial charge in [0, 0.05) is 13.2 Å². The first-order chi connectivity index (χ1) is 7.77. The van der Waals surface area contributed by atoms with E-state index < -0.39 is 0 Å². The molecule has 0 heterocycles. The maximum atomic E-state index is 11.2. The highest BCUT2D eigenvalue weighted by molar-refractivity contribution is 5.75. The summed E-state index contributed by atoms with van der Waals surface area (Å²) >= 11 is 0. The molecule has 0 amide bonds. The molecule has 1 unspecified atom stereocenters. The second-order valence-corrected chi connectivity index (χ2v) is 4.31. The van der Waals surface area contributed by atoms with Crippen molar-refractivity contribution in [2.75, 3.05) is 26.9 Å². The zero-order valence-electron chi connectivity index (χ0n) is 10.3. The van der Waals surface area contributed by atoms with Crippen LogP contribution < -0.4 is 5.32 Å². The predicted molar refractivity (Wildman–Crippen MR) is 62.3 cm³/mol. The van der Waals surface area contributed by atoms with Crippen molar-refractivity contribution < 1.29 is 14.3 Å². The zero-order chi connectivity index (χ0) is 11.8. The standard InChI is InChI=1S/C12H23NO3/c1-3-11(12(14)15-2)13-7-4-8-16-9-10-5-6-10/h10-11,13H,3-9H2,1-2H3. The number of carbonyl (C=O) groups is 1. The van der Waals surface area contributed by atoms with Crippen molar-refractivity contribution >= 4 is 5.97 Å². The largest absolute Gasteiger partial charge is 0.468 e. The Labute approximate surface area is 97.7 Å². The number of carbonyl (C=O) groups excluding carboxylic acids is 1. The number of methoxy groups -OCH3 is 1. The van der Waals surface area contributed by atoms with E-state index in [9.17, 15) is 4.79 Å². The van der Waals surface area contributed by atoms with E-state index in [-0.39, 0.29) is 12.0 Å². The van der Waals surface area contributed by atoms with Gasteiger partial charge in [0.25, 0.3) is 0 Å². The summed E-state index contributed by atoms with van der Waals surface area (Å²) in [5, 5.41) is 3.17. The van der Waals surface area contributed by atoms with Crippen molar-refractivity contribution in [1.29, 1.82) is 0 Å². The summed E-state index contributed by atoms with van der Waals surface area (Å²) < 4.78 is 10.2. The van der Waals surface area contributed by atoms with Crippen LogP contribution in [-0.2, 0) is 14.3 Å². The highest BCUT2D eigenvalue weighted by Crippen LogP contribution is 2.28. The number of esters is 1. The van der Waals surface area contributed by atoms with Gasteiger partial charge in [0.2, 0.25) is 0 Å². The second-order valence-electron chi connectivity index (χ2n) is 4.31. The van der Waals surface area contributed by atoms with Gasteiger partial charge >= 0.3 is 5.97 Å². The normalized spacial score (nSPS) is 17.1. The van der Waals surface area contributed by atoms with Crippen LogP contribution in [0.15, 0.2) is 0 Å². The van der Waals surface area contributed by atoms with Crippen LogP contribution in [0.3, 0.4) is 0 Å². The van der Waals surface area contributed by atoms with Crippen molar-refractivity contribution in [1.82, 2.24) is 5.32 Å². The monoisotopic (exact) mass is 229 g/mol. The van der Waals surface area contributed by atoms with E-state index in [0.29, 0.717) is 0 Å². The fourth-order valence-electron chi connectivity index (χ4n) is 1.52. The fourth-order valence-corrected chi connectivity index (χ4v) is 1.52. The van der Waals surface area contributed by atoms with Gasteiger partial charge in [0.05, 0.1) is 7.11 Å². The van der Waals surface area contributed by atoms with Crippen LogP contribution in [0, 0.1) is 5.92 Å². The zero-order valence-corrected chi connectivity index (χ0v) is 10.3. The van der Waals surface area contributed by atoms with Crippen molar-refractivity contribution in [2.24, 2.45) is 5.92 Å². The maximum absolute atomic E-state index is 11.2. The van der Waals surface area contributed by atoms with Crippen LogP contribution in [0.5, 0.6) is 0 Å². The van der Waals surface area contributed by atoms with Crippen LogP contribution in [0.4, 0.5) is 0 Å². The van der Waals surface area contributed by atoms with Crippen LogP contribution in [-0.4, -0.2) is 38.9 Å². The molecule has 1 atom stereocenters. The summed E-state index contributed by atoms with van der Waals surface area (Å²) in [4.78, 5) is 11.2. The second kappa shape index (κ2) is 7.63. The van der Waals surface area contributed by atoms with E-state index in [0.717, 1.165) is 38.5 Å². The van der Waals surface area contributed by atoms with Gasteiger partial charge in [-0.05, 0) is 38.1 Å². The summed E-state index contributed by atoms with van der Waals surface area (Å²) in [6, 6.07) is -0.173. The van der Waals surface area contributed by atoms with Crippen LogP contribution in [0.2, 0.25) is 0 Å². The Morgan fingerprint density at radius 3 is 2.81 bits per heavy atom. The number of nitrogens with one attached hydrogen (secondary N) is 1. The minimum atomic E-state index is -0.179.